The van der Waals surface area contributed by atoms with Gasteiger partial charge in [0.2, 0.25) is 0 Å². The van der Waals surface area contributed by atoms with Gasteiger partial charge in [0.05, 0.1) is 5.69 Å². The van der Waals surface area contributed by atoms with Gasteiger partial charge in [0.1, 0.15) is 0 Å². The summed E-state index contributed by atoms with van der Waals surface area (Å²) < 4.78 is 1.83. The Morgan fingerprint density at radius 1 is 1.75 bits per heavy atom. The highest BCUT2D eigenvalue weighted by Crippen LogP contribution is 2.32. The van der Waals surface area contributed by atoms with Gasteiger partial charge in [-0.05, 0) is 24.8 Å². The van der Waals surface area contributed by atoms with Crippen molar-refractivity contribution in [1.82, 2.24) is 9.78 Å². The quantitative estimate of drug-likeness (QED) is 0.716. The fourth-order valence-corrected chi connectivity index (χ4v) is 1.50. The van der Waals surface area contributed by atoms with Gasteiger partial charge in [-0.2, -0.15) is 5.10 Å². The van der Waals surface area contributed by atoms with Crippen LogP contribution in [0.1, 0.15) is 18.5 Å². The van der Waals surface area contributed by atoms with Crippen LogP contribution in [-0.4, -0.2) is 15.8 Å². The van der Waals surface area contributed by atoms with E-state index in [4.69, 9.17) is 5.73 Å². The average Bonchev–Trinajstić information content (AvgIpc) is 2.78. The second-order valence-electron chi connectivity index (χ2n) is 3.69. The third-order valence-corrected chi connectivity index (χ3v) is 2.44. The van der Waals surface area contributed by atoms with E-state index in [0.717, 1.165) is 18.0 Å². The molecule has 1 aliphatic rings. The summed E-state index contributed by atoms with van der Waals surface area (Å²) in [6.07, 6.45) is 5.53. The van der Waals surface area contributed by atoms with Gasteiger partial charge >= 0.3 is 0 Å². The zero-order chi connectivity index (χ0) is 8.55. The van der Waals surface area contributed by atoms with Crippen molar-refractivity contribution in [2.75, 3.05) is 0 Å². The zero-order valence-corrected chi connectivity index (χ0v) is 7.40. The van der Waals surface area contributed by atoms with Gasteiger partial charge in [0.25, 0.3) is 0 Å². The Morgan fingerprint density at radius 2 is 2.50 bits per heavy atom. The maximum absolute atomic E-state index is 5.97. The summed E-state index contributed by atoms with van der Waals surface area (Å²) >= 11 is 0. The number of hydrogen-bond donors (Lipinski definition) is 1. The van der Waals surface area contributed by atoms with E-state index < -0.39 is 0 Å². The van der Waals surface area contributed by atoms with Gasteiger partial charge in [-0.3, -0.25) is 4.68 Å². The molecule has 0 spiro atoms. The molecule has 3 nitrogen and oxygen atoms in total. The molecule has 0 radical (unpaired) electrons. The van der Waals surface area contributed by atoms with E-state index in [1.54, 1.807) is 0 Å². The minimum Gasteiger partial charge on any atom is -0.327 e. The van der Waals surface area contributed by atoms with Crippen LogP contribution < -0.4 is 5.73 Å². The lowest BCUT2D eigenvalue weighted by Crippen LogP contribution is -2.25. The van der Waals surface area contributed by atoms with Crippen molar-refractivity contribution in [3.05, 3.63) is 18.0 Å². The molecule has 1 aromatic heterocycles. The van der Waals surface area contributed by atoms with E-state index in [9.17, 15) is 0 Å². The zero-order valence-electron chi connectivity index (χ0n) is 7.40. The molecule has 0 aromatic carbocycles. The molecule has 1 atom stereocenters. The molecule has 3 heteroatoms. The summed E-state index contributed by atoms with van der Waals surface area (Å²) in [7, 11) is 1.94. The van der Waals surface area contributed by atoms with Crippen molar-refractivity contribution >= 4 is 0 Å². The largest absolute Gasteiger partial charge is 0.327 e. The van der Waals surface area contributed by atoms with Crippen LogP contribution in [0.25, 0.3) is 0 Å². The smallest absolute Gasteiger partial charge is 0.0640 e. The highest BCUT2D eigenvalue weighted by atomic mass is 15.2. The third kappa shape index (κ3) is 1.67. The summed E-state index contributed by atoms with van der Waals surface area (Å²) in [6.45, 7) is 0. The number of nitrogens with two attached hydrogens (primary N) is 1. The van der Waals surface area contributed by atoms with Crippen LogP contribution in [0.3, 0.4) is 0 Å². The van der Waals surface area contributed by atoms with Gasteiger partial charge in [-0.25, -0.2) is 0 Å². The van der Waals surface area contributed by atoms with E-state index in [1.165, 1.54) is 12.8 Å². The Kier molecular flexibility index (Phi) is 1.89. The predicted molar refractivity (Wildman–Crippen MR) is 47.6 cm³/mol. The lowest BCUT2D eigenvalue weighted by Gasteiger charge is -2.06. The number of nitrogens with zero attached hydrogens (tertiary/aromatic N) is 2. The standard InChI is InChI=1S/C9H15N3/c1-12-5-4-8(11-12)6-9(10)7-2-3-7/h4-5,7,9H,2-3,6,10H2,1H3. The molecule has 1 heterocycles. The molecule has 0 saturated heterocycles. The Bertz CT molecular complexity index is 262. The molecule has 1 fully saturated rings. The van der Waals surface area contributed by atoms with Crippen LogP contribution in [0.2, 0.25) is 0 Å². The highest BCUT2D eigenvalue weighted by Gasteiger charge is 2.28. The summed E-state index contributed by atoms with van der Waals surface area (Å²) in [5.74, 6) is 0.770. The highest BCUT2D eigenvalue weighted by molar-refractivity contribution is 5.03. The number of rotatable bonds is 3. The first kappa shape index (κ1) is 7.80. The second-order valence-corrected chi connectivity index (χ2v) is 3.69. The lowest BCUT2D eigenvalue weighted by molar-refractivity contribution is 0.577. The summed E-state index contributed by atoms with van der Waals surface area (Å²) in [5.41, 5.74) is 7.09. The van der Waals surface area contributed by atoms with Crippen molar-refractivity contribution in [3.63, 3.8) is 0 Å². The number of aromatic nitrogens is 2. The van der Waals surface area contributed by atoms with Gasteiger partial charge in [0, 0.05) is 25.7 Å². The topological polar surface area (TPSA) is 43.8 Å². The lowest BCUT2D eigenvalue weighted by atomic mass is 10.1. The second kappa shape index (κ2) is 2.90. The maximum atomic E-state index is 5.97. The van der Waals surface area contributed by atoms with Gasteiger partial charge in [0.15, 0.2) is 0 Å². The number of aryl methyl sites for hydroxylation is 1. The van der Waals surface area contributed by atoms with Crippen molar-refractivity contribution in [3.8, 4) is 0 Å². The van der Waals surface area contributed by atoms with E-state index in [0.29, 0.717) is 6.04 Å². The molecule has 2 N–H and O–H groups in total. The fourth-order valence-electron chi connectivity index (χ4n) is 1.50. The first-order valence-electron chi connectivity index (χ1n) is 4.50. The molecule has 0 aliphatic heterocycles. The minimum absolute atomic E-state index is 0.333. The van der Waals surface area contributed by atoms with Gasteiger partial charge < -0.3 is 5.73 Å². The molecule has 2 rings (SSSR count). The first-order chi connectivity index (χ1) is 5.75. The Hall–Kier alpha value is -0.830. The fraction of sp³-hybridized carbons (Fsp3) is 0.667. The molecule has 66 valence electrons. The maximum Gasteiger partial charge on any atom is 0.0640 e. The van der Waals surface area contributed by atoms with Gasteiger partial charge in [-0.15, -0.1) is 0 Å². The van der Waals surface area contributed by atoms with Crippen molar-refractivity contribution in [2.45, 2.75) is 25.3 Å². The summed E-state index contributed by atoms with van der Waals surface area (Å²) in [4.78, 5) is 0. The van der Waals surface area contributed by atoms with Gasteiger partial charge in [-0.1, -0.05) is 0 Å². The summed E-state index contributed by atoms with van der Waals surface area (Å²) in [5, 5.41) is 4.30. The number of hydrogen-bond acceptors (Lipinski definition) is 2. The van der Waals surface area contributed by atoms with Crippen LogP contribution in [0.4, 0.5) is 0 Å². The molecular formula is C9H15N3. The third-order valence-electron chi connectivity index (χ3n) is 2.44. The molecule has 0 amide bonds. The Balaban J connectivity index is 1.93. The summed E-state index contributed by atoms with van der Waals surface area (Å²) in [6, 6.07) is 2.38. The molecule has 1 saturated carbocycles. The van der Waals surface area contributed by atoms with E-state index in [2.05, 4.69) is 5.10 Å². The molecule has 1 unspecified atom stereocenters. The van der Waals surface area contributed by atoms with E-state index in [1.807, 2.05) is 24.0 Å². The minimum atomic E-state index is 0.333. The molecule has 0 bridgehead atoms. The molecule has 1 aromatic rings. The average molecular weight is 165 g/mol. The normalized spacial score (nSPS) is 19.5. The SMILES string of the molecule is Cn1ccc(CC(N)C2CC2)n1. The first-order valence-corrected chi connectivity index (χ1v) is 4.50. The van der Waals surface area contributed by atoms with Crippen LogP contribution >= 0.6 is 0 Å². The van der Waals surface area contributed by atoms with Crippen molar-refractivity contribution in [2.24, 2.45) is 18.7 Å². The molecular weight excluding hydrogens is 150 g/mol. The monoisotopic (exact) mass is 165 g/mol. The van der Waals surface area contributed by atoms with Crippen LogP contribution in [0, 0.1) is 5.92 Å². The van der Waals surface area contributed by atoms with Crippen molar-refractivity contribution < 1.29 is 0 Å². The predicted octanol–water partition coefficient (Wildman–Crippen LogP) is 0.700. The molecule has 1 aliphatic carbocycles. The van der Waals surface area contributed by atoms with Crippen LogP contribution in [0.5, 0.6) is 0 Å². The van der Waals surface area contributed by atoms with E-state index in [-0.39, 0.29) is 0 Å². The van der Waals surface area contributed by atoms with Crippen LogP contribution in [-0.2, 0) is 13.5 Å². The Labute approximate surface area is 72.6 Å². The van der Waals surface area contributed by atoms with Crippen molar-refractivity contribution in [1.29, 1.82) is 0 Å². The molecule has 12 heavy (non-hydrogen) atoms. The van der Waals surface area contributed by atoms with E-state index >= 15 is 0 Å². The Morgan fingerprint density at radius 3 is 3.00 bits per heavy atom. The van der Waals surface area contributed by atoms with Crippen LogP contribution in [0.15, 0.2) is 12.3 Å².